The van der Waals surface area contributed by atoms with E-state index in [2.05, 4.69) is 15.9 Å². The third-order valence-electron chi connectivity index (χ3n) is 5.03. The van der Waals surface area contributed by atoms with Crippen molar-refractivity contribution in [1.82, 2.24) is 9.55 Å². The van der Waals surface area contributed by atoms with Gasteiger partial charge < -0.3 is 9.47 Å². The van der Waals surface area contributed by atoms with Gasteiger partial charge in [-0.3, -0.25) is 9.36 Å². The van der Waals surface area contributed by atoms with Crippen LogP contribution in [-0.4, -0.2) is 29.2 Å². The van der Waals surface area contributed by atoms with E-state index in [9.17, 15) is 9.59 Å². The van der Waals surface area contributed by atoms with E-state index in [-0.39, 0.29) is 11.5 Å². The minimum atomic E-state index is -0.389. The van der Waals surface area contributed by atoms with Crippen LogP contribution in [0.2, 0.25) is 0 Å². The van der Waals surface area contributed by atoms with Gasteiger partial charge in [0.2, 0.25) is 0 Å². The van der Waals surface area contributed by atoms with Crippen LogP contribution in [0.4, 0.5) is 0 Å². The maximum absolute atomic E-state index is 13.2. The topological polar surface area (TPSA) is 70.4 Å². The quantitative estimate of drug-likeness (QED) is 0.265. The first-order chi connectivity index (χ1) is 15.6. The van der Waals surface area contributed by atoms with E-state index in [1.807, 2.05) is 42.5 Å². The maximum Gasteiger partial charge on any atom is 0.337 e. The Balaban J connectivity index is 1.53. The fourth-order valence-electron chi connectivity index (χ4n) is 3.41. The van der Waals surface area contributed by atoms with Crippen LogP contribution >= 0.6 is 15.9 Å². The number of benzene rings is 3. The average molecular weight is 493 g/mol. The molecule has 1 aromatic heterocycles. The lowest BCUT2D eigenvalue weighted by Gasteiger charge is -2.14. The zero-order valence-corrected chi connectivity index (χ0v) is 19.0. The normalized spacial score (nSPS) is 10.8. The fourth-order valence-corrected chi connectivity index (χ4v) is 3.68. The van der Waals surface area contributed by atoms with Crippen LogP contribution < -0.4 is 10.3 Å². The number of hydrogen-bond acceptors (Lipinski definition) is 5. The highest BCUT2D eigenvalue weighted by atomic mass is 79.9. The number of rotatable bonds is 7. The molecule has 32 heavy (non-hydrogen) atoms. The molecule has 0 amide bonds. The number of carbonyl (C=O) groups excluding carboxylic acids is 1. The van der Waals surface area contributed by atoms with E-state index in [4.69, 9.17) is 14.5 Å². The van der Waals surface area contributed by atoms with E-state index in [1.165, 1.54) is 7.11 Å². The summed E-state index contributed by atoms with van der Waals surface area (Å²) in [4.78, 5) is 29.5. The average Bonchev–Trinajstić information content (AvgIpc) is 2.83. The lowest BCUT2D eigenvalue weighted by atomic mass is 10.1. The summed E-state index contributed by atoms with van der Waals surface area (Å²) < 4.78 is 13.2. The molecule has 0 N–H and O–H groups in total. The molecule has 0 radical (unpaired) electrons. The van der Waals surface area contributed by atoms with Gasteiger partial charge in [0, 0.05) is 16.6 Å². The van der Waals surface area contributed by atoms with Crippen molar-refractivity contribution in [2.75, 3.05) is 13.7 Å². The Labute approximate surface area is 193 Å². The number of carbonyl (C=O) groups is 1. The molecule has 1 heterocycles. The predicted molar refractivity (Wildman–Crippen MR) is 127 cm³/mol. The van der Waals surface area contributed by atoms with Crippen LogP contribution in [0.3, 0.4) is 0 Å². The Morgan fingerprint density at radius 3 is 2.44 bits per heavy atom. The summed E-state index contributed by atoms with van der Waals surface area (Å²) in [6.45, 7) is 0.874. The molecule has 4 aromatic rings. The molecular weight excluding hydrogens is 472 g/mol. The Morgan fingerprint density at radius 2 is 1.72 bits per heavy atom. The second kappa shape index (κ2) is 9.78. The Kier molecular flexibility index (Phi) is 6.66. The van der Waals surface area contributed by atoms with Gasteiger partial charge in [-0.2, -0.15) is 0 Å². The number of halogens is 1. The van der Waals surface area contributed by atoms with Crippen LogP contribution in [0.25, 0.3) is 22.3 Å². The summed E-state index contributed by atoms with van der Waals surface area (Å²) in [6, 6.07) is 21.9. The van der Waals surface area contributed by atoms with E-state index < -0.39 is 0 Å². The number of ether oxygens (including phenoxy) is 2. The third kappa shape index (κ3) is 4.73. The lowest BCUT2D eigenvalue weighted by Crippen LogP contribution is -2.24. The van der Waals surface area contributed by atoms with Crippen molar-refractivity contribution in [1.29, 1.82) is 0 Å². The molecule has 0 spiro atoms. The highest BCUT2D eigenvalue weighted by Crippen LogP contribution is 2.22. The molecule has 0 aliphatic carbocycles. The van der Waals surface area contributed by atoms with Gasteiger partial charge in [0.1, 0.15) is 11.6 Å². The van der Waals surface area contributed by atoms with Gasteiger partial charge in [-0.15, -0.1) is 0 Å². The predicted octanol–water partition coefficient (Wildman–Crippen LogP) is 5.08. The molecule has 0 saturated carbocycles. The molecule has 0 saturated heterocycles. The molecule has 6 nitrogen and oxygen atoms in total. The van der Waals surface area contributed by atoms with E-state index in [1.54, 1.807) is 34.9 Å². The summed E-state index contributed by atoms with van der Waals surface area (Å²) in [5.41, 5.74) is 1.94. The first kappa shape index (κ1) is 21.8. The summed E-state index contributed by atoms with van der Waals surface area (Å²) in [7, 11) is 1.35. The maximum atomic E-state index is 13.2. The van der Waals surface area contributed by atoms with Crippen molar-refractivity contribution in [3.05, 3.63) is 93.2 Å². The van der Waals surface area contributed by atoms with Crippen molar-refractivity contribution >= 4 is 32.8 Å². The van der Waals surface area contributed by atoms with E-state index in [0.29, 0.717) is 47.6 Å². The molecule has 0 aliphatic heterocycles. The van der Waals surface area contributed by atoms with Crippen LogP contribution in [0.5, 0.6) is 5.75 Å². The lowest BCUT2D eigenvalue weighted by molar-refractivity contribution is 0.0600. The highest BCUT2D eigenvalue weighted by Gasteiger charge is 2.13. The Bertz CT molecular complexity index is 1300. The summed E-state index contributed by atoms with van der Waals surface area (Å²) in [5, 5.41) is 0.590. The van der Waals surface area contributed by atoms with Gasteiger partial charge in [-0.25, -0.2) is 9.78 Å². The van der Waals surface area contributed by atoms with Crippen LogP contribution in [0.1, 0.15) is 16.8 Å². The number of hydrogen-bond donors (Lipinski definition) is 0. The summed E-state index contributed by atoms with van der Waals surface area (Å²) in [6.07, 6.45) is 0.613. The molecule has 0 unspecified atom stereocenters. The fraction of sp³-hybridized carbons (Fsp3) is 0.160. The van der Waals surface area contributed by atoms with Crippen LogP contribution in [0, 0.1) is 0 Å². The van der Waals surface area contributed by atoms with Crippen molar-refractivity contribution in [3.63, 3.8) is 0 Å². The number of fused-ring (bicyclic) bond motifs is 1. The van der Waals surface area contributed by atoms with Crippen molar-refractivity contribution in [2.45, 2.75) is 13.0 Å². The van der Waals surface area contributed by atoms with E-state index in [0.717, 1.165) is 10.0 Å². The first-order valence-corrected chi connectivity index (χ1v) is 10.9. The summed E-state index contributed by atoms with van der Waals surface area (Å²) in [5.74, 6) is 0.888. The van der Waals surface area contributed by atoms with E-state index >= 15 is 0 Å². The van der Waals surface area contributed by atoms with Crippen LogP contribution in [0.15, 0.2) is 82.1 Å². The van der Waals surface area contributed by atoms with Gasteiger partial charge in [-0.1, -0.05) is 40.2 Å². The smallest absolute Gasteiger partial charge is 0.337 e. The van der Waals surface area contributed by atoms with Gasteiger partial charge in [0.05, 0.1) is 30.2 Å². The molecule has 7 heteroatoms. The van der Waals surface area contributed by atoms with Crippen molar-refractivity contribution < 1.29 is 14.3 Å². The zero-order valence-electron chi connectivity index (χ0n) is 17.5. The molecule has 4 rings (SSSR count). The number of aromatic nitrogens is 2. The minimum Gasteiger partial charge on any atom is -0.494 e. The number of methoxy groups -OCH3 is 1. The van der Waals surface area contributed by atoms with Crippen LogP contribution in [-0.2, 0) is 11.3 Å². The number of esters is 1. The van der Waals surface area contributed by atoms with Gasteiger partial charge in [-0.05, 0) is 55.0 Å². The molecular formula is C25H21BrN2O4. The first-order valence-electron chi connectivity index (χ1n) is 10.1. The minimum absolute atomic E-state index is 0.0732. The van der Waals surface area contributed by atoms with Gasteiger partial charge in [0.25, 0.3) is 5.56 Å². The molecule has 0 bridgehead atoms. The monoisotopic (exact) mass is 492 g/mol. The zero-order chi connectivity index (χ0) is 22.5. The van der Waals surface area contributed by atoms with Gasteiger partial charge in [0.15, 0.2) is 0 Å². The second-order valence-corrected chi connectivity index (χ2v) is 8.05. The van der Waals surface area contributed by atoms with Gasteiger partial charge >= 0.3 is 5.97 Å². The molecule has 0 aliphatic rings. The standard InChI is InChI=1S/C25H21BrN2O4/c1-31-25(30)18-9-13-20(14-10-18)32-16-4-15-28-23(17-7-11-19(26)12-8-17)27-22-6-3-2-5-21(22)24(28)29/h2-3,5-14H,4,15-16H2,1H3. The Morgan fingerprint density at radius 1 is 1.00 bits per heavy atom. The molecule has 0 atom stereocenters. The number of para-hydroxylation sites is 1. The SMILES string of the molecule is COC(=O)c1ccc(OCCCn2c(-c3ccc(Br)cc3)nc3ccccc3c2=O)cc1. The van der Waals surface area contributed by atoms with Crippen molar-refractivity contribution in [2.24, 2.45) is 0 Å². The molecule has 162 valence electrons. The third-order valence-corrected chi connectivity index (χ3v) is 5.56. The number of nitrogens with zero attached hydrogens (tertiary/aromatic N) is 2. The Hall–Kier alpha value is -3.45. The summed E-state index contributed by atoms with van der Waals surface area (Å²) >= 11 is 3.45. The second-order valence-electron chi connectivity index (χ2n) is 7.13. The molecule has 0 fully saturated rings. The van der Waals surface area contributed by atoms with Crippen molar-refractivity contribution in [3.8, 4) is 17.1 Å². The molecule has 3 aromatic carbocycles. The highest BCUT2D eigenvalue weighted by molar-refractivity contribution is 9.10. The largest absolute Gasteiger partial charge is 0.494 e.